The summed E-state index contributed by atoms with van der Waals surface area (Å²) in [6.45, 7) is 4.51. The van der Waals surface area contributed by atoms with Crippen molar-refractivity contribution in [1.29, 1.82) is 0 Å². The van der Waals surface area contributed by atoms with Crippen LogP contribution in [0.2, 0.25) is 0 Å². The fraction of sp³-hybridized carbons (Fsp3) is 0.560. The van der Waals surface area contributed by atoms with Crippen LogP contribution >= 0.6 is 0 Å². The molecular weight excluding hydrogens is 474 g/mol. The SMILES string of the molecule is COC(=O)CN1C(=O)[C@H](OC(=O)c2ccccc2)[C@@]23[C@@H]1OC(=O)[C@@]21CC(=O)O[C@H]1C[C@@]3(O)C(C)(C)C. The van der Waals surface area contributed by atoms with Gasteiger partial charge < -0.3 is 24.1 Å². The minimum Gasteiger partial charge on any atom is -0.468 e. The van der Waals surface area contributed by atoms with Crippen molar-refractivity contribution in [3.05, 3.63) is 35.9 Å². The third kappa shape index (κ3) is 2.69. The Morgan fingerprint density at radius 2 is 1.81 bits per heavy atom. The molecule has 36 heavy (non-hydrogen) atoms. The average molecular weight is 501 g/mol. The Morgan fingerprint density at radius 3 is 2.42 bits per heavy atom. The van der Waals surface area contributed by atoms with Gasteiger partial charge in [-0.3, -0.25) is 24.1 Å². The molecule has 1 aromatic rings. The molecular formula is C25H27NO10. The molecule has 1 amide bonds. The van der Waals surface area contributed by atoms with Gasteiger partial charge in [-0.25, -0.2) is 4.79 Å². The van der Waals surface area contributed by atoms with Crippen molar-refractivity contribution in [2.24, 2.45) is 16.2 Å². The van der Waals surface area contributed by atoms with Crippen LogP contribution in [0.15, 0.2) is 30.3 Å². The van der Waals surface area contributed by atoms with E-state index < -0.39 is 83.0 Å². The lowest BCUT2D eigenvalue weighted by atomic mass is 9.52. The number of methoxy groups -OCH3 is 1. The van der Waals surface area contributed by atoms with Crippen LogP contribution in [0.3, 0.4) is 0 Å². The molecule has 6 atom stereocenters. The number of carbonyl (C=O) groups excluding carboxylic acids is 5. The molecule has 11 heteroatoms. The lowest BCUT2D eigenvalue weighted by Gasteiger charge is -2.51. The Kier molecular flexibility index (Phi) is 5.06. The molecule has 3 saturated heterocycles. The van der Waals surface area contributed by atoms with E-state index in [0.29, 0.717) is 0 Å². The van der Waals surface area contributed by atoms with E-state index in [0.717, 1.165) is 12.0 Å². The third-order valence-corrected chi connectivity index (χ3v) is 8.33. The molecule has 0 unspecified atom stereocenters. The van der Waals surface area contributed by atoms with Crippen LogP contribution in [0.5, 0.6) is 0 Å². The molecule has 0 aromatic heterocycles. The highest BCUT2D eigenvalue weighted by molar-refractivity contribution is 6.00. The predicted octanol–water partition coefficient (Wildman–Crippen LogP) is 0.579. The maximum absolute atomic E-state index is 13.9. The number of amides is 1. The van der Waals surface area contributed by atoms with E-state index in [4.69, 9.17) is 18.9 Å². The summed E-state index contributed by atoms with van der Waals surface area (Å²) in [6, 6.07) is 7.91. The van der Waals surface area contributed by atoms with Gasteiger partial charge >= 0.3 is 23.9 Å². The number of ether oxygens (including phenoxy) is 4. The number of nitrogens with zero attached hydrogens (tertiary/aromatic N) is 1. The highest BCUT2D eigenvalue weighted by Crippen LogP contribution is 2.76. The molecule has 0 bridgehead atoms. The summed E-state index contributed by atoms with van der Waals surface area (Å²) >= 11 is 0. The molecule has 2 spiro atoms. The van der Waals surface area contributed by atoms with Crippen LogP contribution in [-0.4, -0.2) is 77.5 Å². The Bertz CT molecular complexity index is 1180. The fourth-order valence-electron chi connectivity index (χ4n) is 6.71. The van der Waals surface area contributed by atoms with E-state index in [-0.39, 0.29) is 12.0 Å². The number of likely N-dealkylation sites (tertiary alicyclic amines) is 1. The summed E-state index contributed by atoms with van der Waals surface area (Å²) in [5.74, 6) is -4.07. The topological polar surface area (TPSA) is 146 Å². The van der Waals surface area contributed by atoms with Gasteiger partial charge in [0.05, 0.1) is 24.7 Å². The lowest BCUT2D eigenvalue weighted by Crippen LogP contribution is -2.66. The van der Waals surface area contributed by atoms with Gasteiger partial charge in [-0.05, 0) is 17.5 Å². The molecule has 1 N–H and O–H groups in total. The summed E-state index contributed by atoms with van der Waals surface area (Å²) in [6.07, 6.45) is -5.03. The van der Waals surface area contributed by atoms with Crippen LogP contribution in [0, 0.1) is 16.2 Å². The van der Waals surface area contributed by atoms with Crippen molar-refractivity contribution in [2.75, 3.05) is 13.7 Å². The van der Waals surface area contributed by atoms with Crippen LogP contribution in [0.25, 0.3) is 0 Å². The number of benzene rings is 1. The molecule has 1 aromatic carbocycles. The van der Waals surface area contributed by atoms with Crippen LogP contribution in [-0.2, 0) is 38.1 Å². The molecule has 5 rings (SSSR count). The van der Waals surface area contributed by atoms with E-state index in [9.17, 15) is 29.1 Å². The number of carbonyl (C=O) groups is 5. The van der Waals surface area contributed by atoms with Crippen molar-refractivity contribution in [2.45, 2.75) is 57.6 Å². The van der Waals surface area contributed by atoms with E-state index in [2.05, 4.69) is 0 Å². The third-order valence-electron chi connectivity index (χ3n) is 8.33. The van der Waals surface area contributed by atoms with Gasteiger partial charge in [0.1, 0.15) is 23.5 Å². The first-order chi connectivity index (χ1) is 16.8. The molecule has 1 saturated carbocycles. The Hall–Kier alpha value is -3.47. The van der Waals surface area contributed by atoms with Gasteiger partial charge in [-0.2, -0.15) is 0 Å². The highest BCUT2D eigenvalue weighted by Gasteiger charge is 2.93. The summed E-state index contributed by atoms with van der Waals surface area (Å²) in [7, 11) is 1.13. The number of hydrogen-bond donors (Lipinski definition) is 1. The van der Waals surface area contributed by atoms with Crippen molar-refractivity contribution >= 4 is 29.8 Å². The van der Waals surface area contributed by atoms with Gasteiger partial charge in [-0.1, -0.05) is 39.0 Å². The summed E-state index contributed by atoms with van der Waals surface area (Å²) in [5.41, 5.74) is -6.52. The first-order valence-electron chi connectivity index (χ1n) is 11.6. The van der Waals surface area contributed by atoms with E-state index in [1.54, 1.807) is 39.0 Å². The molecule has 11 nitrogen and oxygen atoms in total. The Morgan fingerprint density at radius 1 is 1.14 bits per heavy atom. The molecule has 3 aliphatic heterocycles. The second-order valence-electron chi connectivity index (χ2n) is 10.8. The zero-order valence-corrected chi connectivity index (χ0v) is 20.3. The summed E-state index contributed by atoms with van der Waals surface area (Å²) in [5, 5.41) is 12.4. The second kappa shape index (κ2) is 7.52. The second-order valence-corrected chi connectivity index (χ2v) is 10.8. The normalized spacial score (nSPS) is 36.6. The largest absolute Gasteiger partial charge is 0.468 e. The van der Waals surface area contributed by atoms with E-state index in [1.807, 2.05) is 0 Å². The molecule has 1 aliphatic carbocycles. The van der Waals surface area contributed by atoms with Gasteiger partial charge in [-0.15, -0.1) is 0 Å². The summed E-state index contributed by atoms with van der Waals surface area (Å²) in [4.78, 5) is 66.4. The number of esters is 4. The average Bonchev–Trinajstić information content (AvgIpc) is 3.43. The highest BCUT2D eigenvalue weighted by atomic mass is 16.6. The molecule has 4 fully saturated rings. The number of rotatable bonds is 4. The zero-order chi connectivity index (χ0) is 26.3. The maximum atomic E-state index is 13.9. The van der Waals surface area contributed by atoms with E-state index >= 15 is 0 Å². The van der Waals surface area contributed by atoms with Crippen molar-refractivity contribution in [3.8, 4) is 0 Å². The molecule has 192 valence electrons. The van der Waals surface area contributed by atoms with Crippen molar-refractivity contribution in [3.63, 3.8) is 0 Å². The zero-order valence-electron chi connectivity index (χ0n) is 20.3. The van der Waals surface area contributed by atoms with Gasteiger partial charge in [0.25, 0.3) is 5.91 Å². The standard InChI is InChI=1S/C25H27NO10/c1-22(2,3)24(32)10-14-23(11-15(27)34-14)21(31)36-20-25(23,24)17(18(29)26(20)12-16(28)33-4)35-19(30)13-8-6-5-7-9-13/h5-9,14,17,20,32H,10-12H2,1-4H3/t14-,17-,20-,23-,24+,25+/m0/s1. The van der Waals surface area contributed by atoms with Gasteiger partial charge in [0.2, 0.25) is 0 Å². The maximum Gasteiger partial charge on any atom is 0.338 e. The monoisotopic (exact) mass is 501 g/mol. The van der Waals surface area contributed by atoms with Crippen LogP contribution < -0.4 is 0 Å². The summed E-state index contributed by atoms with van der Waals surface area (Å²) < 4.78 is 21.7. The van der Waals surface area contributed by atoms with Crippen LogP contribution in [0.4, 0.5) is 0 Å². The molecule has 4 aliphatic rings. The Labute approximate surface area is 206 Å². The lowest BCUT2D eigenvalue weighted by molar-refractivity contribution is -0.212. The molecule has 3 heterocycles. The van der Waals surface area contributed by atoms with Gasteiger partial charge in [0.15, 0.2) is 12.3 Å². The molecule has 0 radical (unpaired) electrons. The predicted molar refractivity (Wildman–Crippen MR) is 118 cm³/mol. The minimum atomic E-state index is -1.94. The van der Waals surface area contributed by atoms with Crippen LogP contribution in [0.1, 0.15) is 44.0 Å². The number of aliphatic hydroxyl groups is 1. The number of hydrogen-bond acceptors (Lipinski definition) is 10. The van der Waals surface area contributed by atoms with Crippen molar-refractivity contribution < 1.29 is 48.0 Å². The quantitative estimate of drug-likeness (QED) is 0.459. The first-order valence-corrected chi connectivity index (χ1v) is 11.6. The van der Waals surface area contributed by atoms with E-state index in [1.165, 1.54) is 12.1 Å². The van der Waals surface area contributed by atoms with Gasteiger partial charge in [0, 0.05) is 6.42 Å². The first kappa shape index (κ1) is 24.2. The smallest absolute Gasteiger partial charge is 0.338 e. The minimum absolute atomic E-state index is 0.136. The van der Waals surface area contributed by atoms with Crippen molar-refractivity contribution in [1.82, 2.24) is 4.90 Å². The Balaban J connectivity index is 1.75. The fourth-order valence-corrected chi connectivity index (χ4v) is 6.71.